The van der Waals surface area contributed by atoms with E-state index >= 15 is 0 Å². The van der Waals surface area contributed by atoms with E-state index < -0.39 is 9.84 Å². The number of anilines is 1. The first-order valence-corrected chi connectivity index (χ1v) is 8.89. The Balaban J connectivity index is 1.92. The normalized spacial score (nSPS) is 22.6. The van der Waals surface area contributed by atoms with Gasteiger partial charge in [0, 0.05) is 17.5 Å². The third kappa shape index (κ3) is 3.72. The maximum atomic E-state index is 11.5. The number of hydrogen-bond acceptors (Lipinski definition) is 3. The second-order valence-electron chi connectivity index (χ2n) is 5.47. The number of para-hydroxylation sites is 1. The van der Waals surface area contributed by atoms with Gasteiger partial charge in [0.05, 0.1) is 5.75 Å². The topological polar surface area (TPSA) is 46.2 Å². The summed E-state index contributed by atoms with van der Waals surface area (Å²) in [6, 6.07) is 8.78. The van der Waals surface area contributed by atoms with Crippen molar-refractivity contribution in [2.24, 2.45) is 5.92 Å². The van der Waals surface area contributed by atoms with Crippen LogP contribution in [0, 0.1) is 5.92 Å². The lowest BCUT2D eigenvalue weighted by Crippen LogP contribution is -2.33. The number of hydrogen-bond donors (Lipinski definition) is 1. The monoisotopic (exact) mass is 281 g/mol. The Morgan fingerprint density at radius 2 is 2.05 bits per heavy atom. The van der Waals surface area contributed by atoms with Crippen LogP contribution in [-0.4, -0.2) is 26.0 Å². The molecule has 1 aliphatic heterocycles. The molecule has 0 fully saturated rings. The predicted molar refractivity (Wildman–Crippen MR) is 80.3 cm³/mol. The summed E-state index contributed by atoms with van der Waals surface area (Å²) in [7, 11) is -2.83. The van der Waals surface area contributed by atoms with Gasteiger partial charge >= 0.3 is 0 Å². The Bertz CT molecular complexity index is 525. The summed E-state index contributed by atoms with van der Waals surface area (Å²) >= 11 is 0. The van der Waals surface area contributed by atoms with Gasteiger partial charge in [0.1, 0.15) is 9.84 Å². The average molecular weight is 281 g/mol. The van der Waals surface area contributed by atoms with Crippen LogP contribution < -0.4 is 5.32 Å². The molecule has 1 heterocycles. The molecule has 3 nitrogen and oxygen atoms in total. The van der Waals surface area contributed by atoms with E-state index in [-0.39, 0.29) is 5.75 Å². The second kappa shape index (κ2) is 5.95. The van der Waals surface area contributed by atoms with E-state index in [2.05, 4.69) is 30.4 Å². The molecule has 0 saturated carbocycles. The SMILES string of the molecule is CCS(=O)(=O)CCCC1Nc2ccccc2CC1C. The molecular weight excluding hydrogens is 258 g/mol. The Labute approximate surface area is 116 Å². The molecule has 1 aromatic rings. The van der Waals surface area contributed by atoms with Gasteiger partial charge in [0.2, 0.25) is 0 Å². The largest absolute Gasteiger partial charge is 0.382 e. The van der Waals surface area contributed by atoms with Crippen LogP contribution in [-0.2, 0) is 16.3 Å². The first kappa shape index (κ1) is 14.4. The molecule has 0 bridgehead atoms. The molecule has 0 aliphatic carbocycles. The summed E-state index contributed by atoms with van der Waals surface area (Å²) in [5.41, 5.74) is 2.58. The van der Waals surface area contributed by atoms with Crippen LogP contribution in [0.2, 0.25) is 0 Å². The minimum atomic E-state index is -2.83. The van der Waals surface area contributed by atoms with E-state index in [4.69, 9.17) is 0 Å². The number of sulfone groups is 1. The lowest BCUT2D eigenvalue weighted by Gasteiger charge is -2.32. The quantitative estimate of drug-likeness (QED) is 0.902. The fraction of sp³-hybridized carbons (Fsp3) is 0.600. The molecule has 1 aromatic carbocycles. The van der Waals surface area contributed by atoms with Crippen molar-refractivity contribution in [3.05, 3.63) is 29.8 Å². The van der Waals surface area contributed by atoms with Gasteiger partial charge in [0.25, 0.3) is 0 Å². The van der Waals surface area contributed by atoms with Crippen LogP contribution >= 0.6 is 0 Å². The fourth-order valence-electron chi connectivity index (χ4n) is 2.69. The summed E-state index contributed by atoms with van der Waals surface area (Å²) in [5.74, 6) is 1.12. The number of benzene rings is 1. The van der Waals surface area contributed by atoms with Crippen molar-refractivity contribution in [2.45, 2.75) is 39.2 Å². The van der Waals surface area contributed by atoms with E-state index in [9.17, 15) is 8.42 Å². The van der Waals surface area contributed by atoms with Gasteiger partial charge in [-0.25, -0.2) is 8.42 Å². The molecule has 2 unspecified atom stereocenters. The summed E-state index contributed by atoms with van der Waals surface area (Å²) in [4.78, 5) is 0. The highest BCUT2D eigenvalue weighted by atomic mass is 32.2. The molecule has 4 heteroatoms. The maximum Gasteiger partial charge on any atom is 0.150 e. The summed E-state index contributed by atoms with van der Waals surface area (Å²) in [5, 5.41) is 3.56. The zero-order valence-electron chi connectivity index (χ0n) is 11.7. The number of fused-ring (bicyclic) bond motifs is 1. The molecule has 19 heavy (non-hydrogen) atoms. The van der Waals surface area contributed by atoms with Crippen LogP contribution in [0.1, 0.15) is 32.3 Å². The highest BCUT2D eigenvalue weighted by Crippen LogP contribution is 2.29. The molecule has 106 valence electrons. The molecule has 0 spiro atoms. The van der Waals surface area contributed by atoms with E-state index in [1.165, 1.54) is 11.3 Å². The smallest absolute Gasteiger partial charge is 0.150 e. The van der Waals surface area contributed by atoms with Crippen molar-refractivity contribution in [1.29, 1.82) is 0 Å². The second-order valence-corrected chi connectivity index (χ2v) is 7.94. The summed E-state index contributed by atoms with van der Waals surface area (Å²) < 4.78 is 23.0. The fourth-order valence-corrected chi connectivity index (χ4v) is 3.59. The first-order valence-electron chi connectivity index (χ1n) is 7.06. The van der Waals surface area contributed by atoms with Crippen LogP contribution in [0.25, 0.3) is 0 Å². The molecule has 0 saturated heterocycles. The van der Waals surface area contributed by atoms with E-state index in [0.717, 1.165) is 19.3 Å². The molecule has 2 rings (SSSR count). The zero-order chi connectivity index (χ0) is 13.9. The Hall–Kier alpha value is -1.03. The molecular formula is C15H23NO2S. The molecule has 1 aliphatic rings. The molecule has 0 radical (unpaired) electrons. The van der Waals surface area contributed by atoms with Gasteiger partial charge in [-0.2, -0.15) is 0 Å². The van der Waals surface area contributed by atoms with Gasteiger partial charge in [-0.15, -0.1) is 0 Å². The number of nitrogens with one attached hydrogen (secondary N) is 1. The minimum absolute atomic E-state index is 0.253. The van der Waals surface area contributed by atoms with Crippen LogP contribution in [0.15, 0.2) is 24.3 Å². The number of rotatable bonds is 5. The van der Waals surface area contributed by atoms with Gasteiger partial charge in [-0.3, -0.25) is 0 Å². The van der Waals surface area contributed by atoms with E-state index in [0.29, 0.717) is 17.7 Å². The van der Waals surface area contributed by atoms with Gasteiger partial charge < -0.3 is 5.32 Å². The molecule has 0 amide bonds. The van der Waals surface area contributed by atoms with Crippen molar-refractivity contribution in [3.63, 3.8) is 0 Å². The predicted octanol–water partition coefficient (Wildman–Crippen LogP) is 2.87. The Kier molecular flexibility index (Phi) is 4.50. The van der Waals surface area contributed by atoms with Crippen molar-refractivity contribution < 1.29 is 8.42 Å². The zero-order valence-corrected chi connectivity index (χ0v) is 12.5. The van der Waals surface area contributed by atoms with Crippen molar-refractivity contribution in [2.75, 3.05) is 16.8 Å². The maximum absolute atomic E-state index is 11.5. The van der Waals surface area contributed by atoms with Crippen LogP contribution in [0.5, 0.6) is 0 Å². The van der Waals surface area contributed by atoms with Gasteiger partial charge in [0.15, 0.2) is 0 Å². The lowest BCUT2D eigenvalue weighted by molar-refractivity contribution is 0.437. The minimum Gasteiger partial charge on any atom is -0.382 e. The lowest BCUT2D eigenvalue weighted by atomic mass is 9.86. The highest BCUT2D eigenvalue weighted by Gasteiger charge is 2.24. The highest BCUT2D eigenvalue weighted by molar-refractivity contribution is 7.91. The van der Waals surface area contributed by atoms with Gasteiger partial charge in [-0.1, -0.05) is 32.0 Å². The summed E-state index contributed by atoms with van der Waals surface area (Å²) in [6.45, 7) is 3.95. The molecule has 0 aromatic heterocycles. The third-order valence-electron chi connectivity index (χ3n) is 4.00. The van der Waals surface area contributed by atoms with E-state index in [1.807, 2.05) is 6.07 Å². The van der Waals surface area contributed by atoms with Crippen LogP contribution in [0.4, 0.5) is 5.69 Å². The first-order chi connectivity index (χ1) is 9.02. The van der Waals surface area contributed by atoms with Crippen LogP contribution in [0.3, 0.4) is 0 Å². The summed E-state index contributed by atoms with van der Waals surface area (Å²) in [6.07, 6.45) is 2.75. The van der Waals surface area contributed by atoms with Crippen molar-refractivity contribution in [1.82, 2.24) is 0 Å². The third-order valence-corrected chi connectivity index (χ3v) is 5.79. The van der Waals surface area contributed by atoms with E-state index in [1.54, 1.807) is 6.92 Å². The van der Waals surface area contributed by atoms with Crippen molar-refractivity contribution in [3.8, 4) is 0 Å². The van der Waals surface area contributed by atoms with Gasteiger partial charge in [-0.05, 0) is 36.8 Å². The standard InChI is InChI=1S/C15H23NO2S/c1-3-19(17,18)10-6-9-14-12(2)11-13-7-4-5-8-15(13)16-14/h4-5,7-8,12,14,16H,3,6,9-11H2,1-2H3. The average Bonchev–Trinajstić information content (AvgIpc) is 2.39. The van der Waals surface area contributed by atoms with Crippen molar-refractivity contribution >= 4 is 15.5 Å². The molecule has 1 N–H and O–H groups in total. The molecule has 2 atom stereocenters. The Morgan fingerprint density at radius 3 is 2.79 bits per heavy atom. The Morgan fingerprint density at radius 1 is 1.32 bits per heavy atom.